The molecule has 0 unspecified atom stereocenters. The molecule has 1 heterocycles. The summed E-state index contributed by atoms with van der Waals surface area (Å²) in [6.45, 7) is 5.93. The number of rotatable bonds is 4. The molecule has 2 aromatic rings. The van der Waals surface area contributed by atoms with Gasteiger partial charge in [0, 0.05) is 30.0 Å². The van der Waals surface area contributed by atoms with Crippen molar-refractivity contribution < 1.29 is 0 Å². The highest BCUT2D eigenvalue weighted by Crippen LogP contribution is 2.17. The van der Waals surface area contributed by atoms with Crippen LogP contribution in [0.25, 0.3) is 0 Å². The largest absolute Gasteiger partial charge is 0.309 e. The van der Waals surface area contributed by atoms with Crippen molar-refractivity contribution in [1.29, 1.82) is 0 Å². The number of hydrogen-bond donors (Lipinski definition) is 1. The molecule has 1 aromatic carbocycles. The van der Waals surface area contributed by atoms with E-state index in [0.717, 1.165) is 13.1 Å². The van der Waals surface area contributed by atoms with E-state index in [1.807, 2.05) is 18.5 Å². The van der Waals surface area contributed by atoms with Gasteiger partial charge in [-0.1, -0.05) is 28.1 Å². The van der Waals surface area contributed by atoms with Crippen LogP contribution in [0.3, 0.4) is 0 Å². The summed E-state index contributed by atoms with van der Waals surface area (Å²) in [6.07, 6.45) is 3.75. The summed E-state index contributed by atoms with van der Waals surface area (Å²) < 4.78 is 1.17. The van der Waals surface area contributed by atoms with Crippen molar-refractivity contribution in [1.82, 2.24) is 10.3 Å². The molecule has 0 radical (unpaired) electrons. The predicted octanol–water partition coefficient (Wildman–Crippen LogP) is 3.75. The van der Waals surface area contributed by atoms with Gasteiger partial charge in [-0.25, -0.2) is 0 Å². The molecule has 0 spiro atoms. The van der Waals surface area contributed by atoms with Crippen molar-refractivity contribution in [2.45, 2.75) is 26.9 Å². The number of benzene rings is 1. The number of nitrogens with one attached hydrogen (secondary N) is 1. The van der Waals surface area contributed by atoms with Crippen LogP contribution in [0.4, 0.5) is 0 Å². The lowest BCUT2D eigenvalue weighted by Crippen LogP contribution is -2.13. The minimum Gasteiger partial charge on any atom is -0.309 e. The lowest BCUT2D eigenvalue weighted by atomic mass is 10.1. The molecule has 18 heavy (non-hydrogen) atoms. The summed E-state index contributed by atoms with van der Waals surface area (Å²) in [7, 11) is 0. The standard InChI is InChI=1S/C15H17BrN2/c1-11-5-6-17-9-14(11)10-18-8-13-4-3-12(2)15(16)7-13/h3-7,9,18H,8,10H2,1-2H3. The zero-order chi connectivity index (χ0) is 13.0. The smallest absolute Gasteiger partial charge is 0.0315 e. The molecule has 94 valence electrons. The van der Waals surface area contributed by atoms with E-state index >= 15 is 0 Å². The molecule has 3 heteroatoms. The molecule has 0 atom stereocenters. The summed E-state index contributed by atoms with van der Waals surface area (Å²) in [5, 5.41) is 3.44. The number of aromatic nitrogens is 1. The van der Waals surface area contributed by atoms with Gasteiger partial charge in [-0.3, -0.25) is 4.98 Å². The fourth-order valence-corrected chi connectivity index (χ4v) is 2.20. The zero-order valence-corrected chi connectivity index (χ0v) is 12.3. The van der Waals surface area contributed by atoms with Crippen LogP contribution in [-0.2, 0) is 13.1 Å². The number of aryl methyl sites for hydroxylation is 2. The molecule has 0 aliphatic rings. The van der Waals surface area contributed by atoms with E-state index in [2.05, 4.69) is 58.3 Å². The third kappa shape index (κ3) is 3.40. The van der Waals surface area contributed by atoms with E-state index in [0.29, 0.717) is 0 Å². The number of hydrogen-bond acceptors (Lipinski definition) is 2. The minimum atomic E-state index is 0.852. The monoisotopic (exact) mass is 304 g/mol. The van der Waals surface area contributed by atoms with E-state index in [1.54, 1.807) is 0 Å². The van der Waals surface area contributed by atoms with Gasteiger partial charge in [-0.05, 0) is 48.2 Å². The van der Waals surface area contributed by atoms with Gasteiger partial charge < -0.3 is 5.32 Å². The molecule has 1 N–H and O–H groups in total. The fourth-order valence-electron chi connectivity index (χ4n) is 1.77. The minimum absolute atomic E-state index is 0.852. The highest BCUT2D eigenvalue weighted by molar-refractivity contribution is 9.10. The second kappa shape index (κ2) is 6.12. The Hall–Kier alpha value is -1.19. The van der Waals surface area contributed by atoms with Crippen LogP contribution in [0, 0.1) is 13.8 Å². The predicted molar refractivity (Wildman–Crippen MR) is 78.4 cm³/mol. The molecule has 0 amide bonds. The van der Waals surface area contributed by atoms with Gasteiger partial charge in [0.15, 0.2) is 0 Å². The molecule has 0 fully saturated rings. The van der Waals surface area contributed by atoms with Gasteiger partial charge in [0.25, 0.3) is 0 Å². The van der Waals surface area contributed by atoms with E-state index in [4.69, 9.17) is 0 Å². The van der Waals surface area contributed by atoms with Gasteiger partial charge in [-0.15, -0.1) is 0 Å². The molecule has 0 bridgehead atoms. The van der Waals surface area contributed by atoms with Gasteiger partial charge in [-0.2, -0.15) is 0 Å². The van der Waals surface area contributed by atoms with Crippen LogP contribution in [-0.4, -0.2) is 4.98 Å². The Kier molecular flexibility index (Phi) is 4.50. The van der Waals surface area contributed by atoms with Crippen LogP contribution < -0.4 is 5.32 Å². The normalized spacial score (nSPS) is 10.6. The van der Waals surface area contributed by atoms with Gasteiger partial charge in [0.2, 0.25) is 0 Å². The van der Waals surface area contributed by atoms with Crippen molar-refractivity contribution >= 4 is 15.9 Å². The summed E-state index contributed by atoms with van der Waals surface area (Å²) in [6, 6.07) is 8.50. The highest BCUT2D eigenvalue weighted by Gasteiger charge is 1.99. The van der Waals surface area contributed by atoms with Gasteiger partial charge >= 0.3 is 0 Å². The molecule has 2 rings (SSSR count). The molecule has 0 saturated carbocycles. The maximum atomic E-state index is 4.15. The van der Waals surface area contributed by atoms with Crippen molar-refractivity contribution in [3.63, 3.8) is 0 Å². The first-order valence-corrected chi connectivity index (χ1v) is 6.81. The first kappa shape index (κ1) is 13.2. The van der Waals surface area contributed by atoms with Crippen LogP contribution in [0.2, 0.25) is 0 Å². The van der Waals surface area contributed by atoms with Crippen LogP contribution in [0.1, 0.15) is 22.3 Å². The Morgan fingerprint density at radius 3 is 2.67 bits per heavy atom. The summed E-state index contributed by atoms with van der Waals surface area (Å²) >= 11 is 3.56. The first-order valence-electron chi connectivity index (χ1n) is 6.02. The molecule has 1 aromatic heterocycles. The first-order chi connectivity index (χ1) is 8.66. The Bertz CT molecular complexity index is 538. The summed E-state index contributed by atoms with van der Waals surface area (Å²) in [5.41, 5.74) is 5.09. The Balaban J connectivity index is 1.92. The van der Waals surface area contributed by atoms with E-state index in [1.165, 1.54) is 26.7 Å². The highest BCUT2D eigenvalue weighted by atomic mass is 79.9. The topological polar surface area (TPSA) is 24.9 Å². The van der Waals surface area contributed by atoms with Crippen LogP contribution >= 0.6 is 15.9 Å². The molecular weight excluding hydrogens is 288 g/mol. The average molecular weight is 305 g/mol. The number of nitrogens with zero attached hydrogens (tertiary/aromatic N) is 1. The van der Waals surface area contributed by atoms with Crippen molar-refractivity contribution in [2.24, 2.45) is 0 Å². The number of pyridine rings is 1. The molecule has 0 aliphatic carbocycles. The quantitative estimate of drug-likeness (QED) is 0.930. The average Bonchev–Trinajstić information content (AvgIpc) is 2.36. The molecule has 0 saturated heterocycles. The second-order valence-electron chi connectivity index (χ2n) is 4.49. The van der Waals surface area contributed by atoms with Crippen LogP contribution in [0.15, 0.2) is 41.1 Å². The summed E-state index contributed by atoms with van der Waals surface area (Å²) in [5.74, 6) is 0. The van der Waals surface area contributed by atoms with Gasteiger partial charge in [0.1, 0.15) is 0 Å². The fraction of sp³-hybridized carbons (Fsp3) is 0.267. The molecule has 2 nitrogen and oxygen atoms in total. The maximum Gasteiger partial charge on any atom is 0.0315 e. The third-order valence-electron chi connectivity index (χ3n) is 3.03. The third-order valence-corrected chi connectivity index (χ3v) is 3.88. The van der Waals surface area contributed by atoms with E-state index in [-0.39, 0.29) is 0 Å². The Morgan fingerprint density at radius 1 is 1.11 bits per heavy atom. The van der Waals surface area contributed by atoms with E-state index < -0.39 is 0 Å². The molecular formula is C15H17BrN2. The lowest BCUT2D eigenvalue weighted by Gasteiger charge is -2.08. The second-order valence-corrected chi connectivity index (χ2v) is 5.34. The van der Waals surface area contributed by atoms with Crippen LogP contribution in [0.5, 0.6) is 0 Å². The molecule has 0 aliphatic heterocycles. The van der Waals surface area contributed by atoms with Gasteiger partial charge in [0.05, 0.1) is 0 Å². The summed E-state index contributed by atoms with van der Waals surface area (Å²) in [4.78, 5) is 4.15. The van der Waals surface area contributed by atoms with Crippen molar-refractivity contribution in [2.75, 3.05) is 0 Å². The van der Waals surface area contributed by atoms with Crippen molar-refractivity contribution in [3.05, 3.63) is 63.4 Å². The zero-order valence-electron chi connectivity index (χ0n) is 10.7. The SMILES string of the molecule is Cc1ccc(CNCc2cnccc2C)cc1Br. The lowest BCUT2D eigenvalue weighted by molar-refractivity contribution is 0.688. The Labute approximate surface area is 117 Å². The Morgan fingerprint density at radius 2 is 1.94 bits per heavy atom. The van der Waals surface area contributed by atoms with E-state index in [9.17, 15) is 0 Å². The maximum absolute atomic E-state index is 4.15. The van der Waals surface area contributed by atoms with Crippen molar-refractivity contribution in [3.8, 4) is 0 Å². The number of halogens is 1.